The van der Waals surface area contributed by atoms with Gasteiger partial charge in [0.05, 0.1) is 23.0 Å². The van der Waals surface area contributed by atoms with Gasteiger partial charge in [-0.2, -0.15) is 13.5 Å². The van der Waals surface area contributed by atoms with Gasteiger partial charge in [0.25, 0.3) is 16.0 Å². The first kappa shape index (κ1) is 31.8. The Bertz CT molecular complexity index is 1730. The van der Waals surface area contributed by atoms with Crippen LogP contribution in [0, 0.1) is 0 Å². The van der Waals surface area contributed by atoms with Crippen LogP contribution in [0.3, 0.4) is 0 Å². The summed E-state index contributed by atoms with van der Waals surface area (Å²) < 4.78 is 39.1. The Morgan fingerprint density at radius 3 is 2.45 bits per heavy atom. The largest absolute Gasteiger partial charge is 1.00 e. The third-order valence-corrected chi connectivity index (χ3v) is 7.48. The number of anilines is 1. The predicted molar refractivity (Wildman–Crippen MR) is 149 cm³/mol. The van der Waals surface area contributed by atoms with Crippen LogP contribution < -0.4 is 44.7 Å². The number of hydrogen-bond acceptors (Lipinski definition) is 7. The van der Waals surface area contributed by atoms with Gasteiger partial charge in [-0.15, -0.1) is 5.11 Å². The van der Waals surface area contributed by atoms with E-state index in [0.29, 0.717) is 39.4 Å². The molecule has 13 heteroatoms. The standard InChI is InChI=1S/C27H23Cl2N3O6S.Na/c1-3-15-9-11-21(23(29)26(15)39(35,36)37)31-32-24-18-8-6-5-7-16(18)13-19(25(24)33)27(34)30-20-12-10-17(28)14-22(20)38-4-2;/h5-14,33H,3-4H2,1-2H3,(H,30,34)(H,35,36,37);/q;+1/p-1. The van der Waals surface area contributed by atoms with Gasteiger partial charge < -0.3 is 15.2 Å². The average molecular weight is 610 g/mol. The van der Waals surface area contributed by atoms with Crippen LogP contribution in [-0.4, -0.2) is 25.5 Å². The molecule has 0 atom stereocenters. The summed E-state index contributed by atoms with van der Waals surface area (Å²) in [5.41, 5.74) is 0.183. The number of benzene rings is 4. The van der Waals surface area contributed by atoms with Gasteiger partial charge in [0, 0.05) is 22.0 Å². The normalized spacial score (nSPS) is 11.4. The molecule has 2 N–H and O–H groups in total. The Morgan fingerprint density at radius 2 is 1.77 bits per heavy atom. The van der Waals surface area contributed by atoms with Crippen molar-refractivity contribution in [2.45, 2.75) is 25.2 Å². The number of carbonyl (C=O) groups excluding carboxylic acids is 1. The summed E-state index contributed by atoms with van der Waals surface area (Å²) in [5, 5.41) is 25.3. The van der Waals surface area contributed by atoms with E-state index in [1.807, 2.05) is 0 Å². The van der Waals surface area contributed by atoms with Crippen LogP contribution >= 0.6 is 23.2 Å². The van der Waals surface area contributed by atoms with Gasteiger partial charge in [-0.25, -0.2) is 0 Å². The number of halogens is 2. The summed E-state index contributed by atoms with van der Waals surface area (Å²) in [5.74, 6) is -1.08. The summed E-state index contributed by atoms with van der Waals surface area (Å²) in [4.78, 5) is 12.8. The fourth-order valence-electron chi connectivity index (χ4n) is 3.97. The average Bonchev–Trinajstić information content (AvgIpc) is 2.89. The molecule has 202 valence electrons. The molecule has 0 aliphatic rings. The summed E-state index contributed by atoms with van der Waals surface area (Å²) in [7, 11) is -4.65. The Morgan fingerprint density at radius 1 is 1.05 bits per heavy atom. The predicted octanol–water partition coefficient (Wildman–Crippen LogP) is 4.10. The number of fused-ring (bicyclic) bond motifs is 1. The number of azo groups is 1. The molecule has 4 aromatic carbocycles. The van der Waals surface area contributed by atoms with E-state index in [9.17, 15) is 22.9 Å². The van der Waals surface area contributed by atoms with E-state index in [-0.39, 0.29) is 57.9 Å². The van der Waals surface area contributed by atoms with Gasteiger partial charge in [0.2, 0.25) is 0 Å². The van der Waals surface area contributed by atoms with E-state index in [2.05, 4.69) is 15.5 Å². The molecule has 40 heavy (non-hydrogen) atoms. The minimum Gasteiger partial charge on any atom is -0.870 e. The van der Waals surface area contributed by atoms with E-state index in [0.717, 1.165) is 0 Å². The Balaban J connectivity index is 0.00000441. The number of amides is 1. The third kappa shape index (κ3) is 6.77. The minimum atomic E-state index is -4.65. The second-order valence-corrected chi connectivity index (χ2v) is 10.4. The maximum absolute atomic E-state index is 13.5. The second-order valence-electron chi connectivity index (χ2n) is 8.27. The quantitative estimate of drug-likeness (QED) is 0.175. The molecule has 0 saturated heterocycles. The monoisotopic (exact) mass is 609 g/mol. The first-order valence-corrected chi connectivity index (χ1v) is 13.9. The van der Waals surface area contributed by atoms with Crippen molar-refractivity contribution in [1.82, 2.24) is 0 Å². The summed E-state index contributed by atoms with van der Waals surface area (Å²) >= 11 is 12.3. The minimum absolute atomic E-state index is 0. The van der Waals surface area contributed by atoms with Crippen LogP contribution in [0.2, 0.25) is 10.0 Å². The molecule has 4 aromatic rings. The van der Waals surface area contributed by atoms with Crippen LogP contribution in [0.15, 0.2) is 75.8 Å². The van der Waals surface area contributed by atoms with E-state index in [1.165, 1.54) is 18.2 Å². The van der Waals surface area contributed by atoms with Crippen molar-refractivity contribution in [2.24, 2.45) is 10.2 Å². The van der Waals surface area contributed by atoms with Crippen molar-refractivity contribution in [3.05, 3.63) is 81.8 Å². The molecule has 0 saturated carbocycles. The summed E-state index contributed by atoms with van der Waals surface area (Å²) in [6, 6.07) is 15.8. The van der Waals surface area contributed by atoms with Gasteiger partial charge >= 0.3 is 29.6 Å². The molecule has 0 radical (unpaired) electrons. The smallest absolute Gasteiger partial charge is 0.870 e. The van der Waals surface area contributed by atoms with E-state index in [4.69, 9.17) is 27.9 Å². The first-order chi connectivity index (χ1) is 18.5. The number of aryl methyl sites for hydroxylation is 1. The van der Waals surface area contributed by atoms with Crippen LogP contribution in [0.5, 0.6) is 11.5 Å². The molecular formula is C27H22Cl2N3NaO6S. The maximum Gasteiger partial charge on any atom is 1.00 e. The Hall–Kier alpha value is -2.70. The number of ether oxygens (including phenoxy) is 1. The zero-order chi connectivity index (χ0) is 28.3. The molecular weight excluding hydrogens is 588 g/mol. The number of carbonyl (C=O) groups is 1. The maximum atomic E-state index is 13.5. The van der Waals surface area contributed by atoms with Crippen molar-refractivity contribution in [3.63, 3.8) is 0 Å². The molecule has 9 nitrogen and oxygen atoms in total. The van der Waals surface area contributed by atoms with Gasteiger partial charge in [-0.05, 0) is 48.6 Å². The molecule has 0 bridgehead atoms. The molecule has 1 amide bonds. The van der Waals surface area contributed by atoms with Crippen LogP contribution in [0.4, 0.5) is 17.1 Å². The van der Waals surface area contributed by atoms with Crippen molar-refractivity contribution < 1.29 is 57.2 Å². The summed E-state index contributed by atoms with van der Waals surface area (Å²) in [6.07, 6.45) is 0.289. The van der Waals surface area contributed by atoms with E-state index >= 15 is 0 Å². The Kier molecular flexibility index (Phi) is 10.6. The fourth-order valence-corrected chi connectivity index (χ4v) is 5.52. The number of rotatable bonds is 8. The summed E-state index contributed by atoms with van der Waals surface area (Å²) in [6.45, 7) is 3.82. The van der Waals surface area contributed by atoms with Crippen molar-refractivity contribution >= 4 is 67.1 Å². The van der Waals surface area contributed by atoms with E-state index in [1.54, 1.807) is 56.3 Å². The fraction of sp³-hybridized carbons (Fsp3) is 0.148. The van der Waals surface area contributed by atoms with Gasteiger partial charge in [0.15, 0.2) is 0 Å². The molecule has 0 spiro atoms. The van der Waals surface area contributed by atoms with Crippen molar-refractivity contribution in [3.8, 4) is 11.5 Å². The molecule has 4 rings (SSSR count). The molecule has 0 fully saturated rings. The molecule has 0 heterocycles. The second kappa shape index (κ2) is 13.3. The number of hydrogen-bond donors (Lipinski definition) is 2. The SMILES string of the molecule is CCOc1cc(Cl)ccc1NC(=O)c1cc2ccccc2c(N=Nc2ccc(CC)c(S(=O)(=O)O)c2Cl)c1[O-].[Na+]. The van der Waals surface area contributed by atoms with Crippen molar-refractivity contribution in [2.75, 3.05) is 11.9 Å². The topological polar surface area (TPSA) is 140 Å². The third-order valence-electron chi connectivity index (χ3n) is 5.77. The molecule has 0 aliphatic heterocycles. The molecule has 0 aromatic heterocycles. The van der Waals surface area contributed by atoms with Gasteiger partial charge in [-0.1, -0.05) is 66.2 Å². The van der Waals surface area contributed by atoms with E-state index < -0.39 is 26.7 Å². The van der Waals surface area contributed by atoms with Crippen LogP contribution in [0.1, 0.15) is 29.8 Å². The first-order valence-electron chi connectivity index (χ1n) is 11.7. The van der Waals surface area contributed by atoms with Crippen LogP contribution in [-0.2, 0) is 16.5 Å². The van der Waals surface area contributed by atoms with Gasteiger partial charge in [0.1, 0.15) is 16.3 Å². The van der Waals surface area contributed by atoms with Gasteiger partial charge in [-0.3, -0.25) is 9.35 Å². The van der Waals surface area contributed by atoms with Crippen LogP contribution in [0.25, 0.3) is 10.8 Å². The number of nitrogens with zero attached hydrogens (tertiary/aromatic N) is 2. The Labute approximate surface area is 263 Å². The van der Waals surface area contributed by atoms with Crippen molar-refractivity contribution in [1.29, 1.82) is 0 Å². The zero-order valence-corrected chi connectivity index (χ0v) is 26.1. The number of nitrogens with one attached hydrogen (secondary N) is 1. The molecule has 0 aliphatic carbocycles. The zero-order valence-electron chi connectivity index (χ0n) is 21.7. The molecule has 0 unspecified atom stereocenters.